The summed E-state index contributed by atoms with van der Waals surface area (Å²) < 4.78 is 37.8. The molecule has 1 saturated carbocycles. The zero-order valence-corrected chi connectivity index (χ0v) is 19.0. The van der Waals surface area contributed by atoms with Gasteiger partial charge in [-0.1, -0.05) is 25.0 Å². The smallest absolute Gasteiger partial charge is 0.357 e. The average molecular weight is 526 g/mol. The van der Waals surface area contributed by atoms with Crippen LogP contribution in [0.3, 0.4) is 0 Å². The van der Waals surface area contributed by atoms with Crippen molar-refractivity contribution in [1.29, 1.82) is 0 Å². The monoisotopic (exact) mass is 526 g/mol. The van der Waals surface area contributed by atoms with Gasteiger partial charge in [-0.05, 0) is 43.9 Å². The molecule has 0 unspecified atom stereocenters. The molecule has 0 heterocycles. The normalized spacial score (nSPS) is 15.0. The van der Waals surface area contributed by atoms with Gasteiger partial charge in [0.05, 0.1) is 12.1 Å². The van der Waals surface area contributed by atoms with Crippen molar-refractivity contribution in [3.8, 4) is 0 Å². The average Bonchev–Trinajstić information content (AvgIpc) is 3.14. The van der Waals surface area contributed by atoms with Crippen LogP contribution in [0.2, 0.25) is 0 Å². The third-order valence-electron chi connectivity index (χ3n) is 4.66. The molecule has 5 nitrogen and oxygen atoms in total. The van der Waals surface area contributed by atoms with Gasteiger partial charge in [0.1, 0.15) is 0 Å². The molecule has 9 heteroatoms. The second-order valence-electron chi connectivity index (χ2n) is 6.93. The van der Waals surface area contributed by atoms with Crippen molar-refractivity contribution in [2.75, 3.05) is 19.6 Å². The molecule has 2 rings (SSSR count). The molecule has 0 aromatic heterocycles. The van der Waals surface area contributed by atoms with Crippen molar-refractivity contribution < 1.29 is 18.0 Å². The Hall–Kier alpha value is -1.52. The van der Waals surface area contributed by atoms with Crippen LogP contribution in [0, 0.1) is 0 Å². The molecule has 1 aromatic carbocycles. The molecular formula is C20H30F3IN4O. The lowest BCUT2D eigenvalue weighted by molar-refractivity contribution is -0.137. The van der Waals surface area contributed by atoms with Gasteiger partial charge in [-0.15, -0.1) is 24.0 Å². The van der Waals surface area contributed by atoms with Gasteiger partial charge >= 0.3 is 6.18 Å². The maximum absolute atomic E-state index is 12.6. The van der Waals surface area contributed by atoms with Crippen LogP contribution in [0.25, 0.3) is 0 Å². The van der Waals surface area contributed by atoms with E-state index in [1.165, 1.54) is 25.0 Å². The number of carbonyl (C=O) groups excluding carboxylic acids is 1. The molecule has 0 radical (unpaired) electrons. The number of hydrogen-bond acceptors (Lipinski definition) is 2. The van der Waals surface area contributed by atoms with Gasteiger partial charge in [0.25, 0.3) is 0 Å². The molecule has 0 atom stereocenters. The Morgan fingerprint density at radius 2 is 1.79 bits per heavy atom. The highest BCUT2D eigenvalue weighted by molar-refractivity contribution is 14.0. The quantitative estimate of drug-likeness (QED) is 0.274. The second kappa shape index (κ2) is 12.9. The molecule has 0 bridgehead atoms. The largest absolute Gasteiger partial charge is 0.416 e. The van der Waals surface area contributed by atoms with E-state index in [0.29, 0.717) is 44.5 Å². The highest BCUT2D eigenvalue weighted by atomic mass is 127. The van der Waals surface area contributed by atoms with Gasteiger partial charge in [-0.25, -0.2) is 0 Å². The lowest BCUT2D eigenvalue weighted by atomic mass is 10.1. The molecule has 0 saturated heterocycles. The number of hydrogen-bond donors (Lipinski definition) is 3. The summed E-state index contributed by atoms with van der Waals surface area (Å²) in [6.45, 7) is 3.54. The molecule has 1 fully saturated rings. The Morgan fingerprint density at radius 1 is 1.14 bits per heavy atom. The molecule has 1 aliphatic carbocycles. The lowest BCUT2D eigenvalue weighted by Gasteiger charge is -2.13. The van der Waals surface area contributed by atoms with Crippen molar-refractivity contribution >= 4 is 35.8 Å². The fraction of sp³-hybridized carbons (Fsp3) is 0.600. The van der Waals surface area contributed by atoms with Crippen molar-refractivity contribution in [1.82, 2.24) is 16.0 Å². The summed E-state index contributed by atoms with van der Waals surface area (Å²) in [7, 11) is 0. The number of carbonyl (C=O) groups is 1. The Kier molecular flexibility index (Phi) is 11.4. The number of aliphatic imine (C=N–C) groups is 1. The van der Waals surface area contributed by atoms with Gasteiger partial charge in [0.15, 0.2) is 5.96 Å². The molecule has 1 aliphatic rings. The van der Waals surface area contributed by atoms with Crippen LogP contribution in [-0.4, -0.2) is 37.5 Å². The van der Waals surface area contributed by atoms with E-state index in [4.69, 9.17) is 0 Å². The van der Waals surface area contributed by atoms with Crippen LogP contribution in [0.1, 0.15) is 50.2 Å². The molecular weight excluding hydrogens is 496 g/mol. The van der Waals surface area contributed by atoms with Gasteiger partial charge < -0.3 is 16.0 Å². The molecule has 1 amide bonds. The third-order valence-corrected chi connectivity index (χ3v) is 4.66. The van der Waals surface area contributed by atoms with Crippen LogP contribution >= 0.6 is 24.0 Å². The first-order valence-electron chi connectivity index (χ1n) is 9.86. The summed E-state index contributed by atoms with van der Waals surface area (Å²) in [4.78, 5) is 16.3. The number of rotatable bonds is 8. The number of benzene rings is 1. The molecule has 29 heavy (non-hydrogen) atoms. The predicted molar refractivity (Wildman–Crippen MR) is 120 cm³/mol. The topological polar surface area (TPSA) is 65.5 Å². The Bertz CT molecular complexity index is 644. The van der Waals surface area contributed by atoms with Crippen molar-refractivity contribution in [2.45, 2.75) is 57.7 Å². The Balaban J connectivity index is 0.00000420. The SMILES string of the molecule is CCNC(=NCCC(=O)NC1CCCC1)NCCc1ccc(C(F)(F)F)cc1.I. The van der Waals surface area contributed by atoms with Crippen molar-refractivity contribution in [3.63, 3.8) is 0 Å². The summed E-state index contributed by atoms with van der Waals surface area (Å²) in [6, 6.07) is 5.48. The number of nitrogens with zero attached hydrogens (tertiary/aromatic N) is 1. The summed E-state index contributed by atoms with van der Waals surface area (Å²) in [5, 5.41) is 9.28. The predicted octanol–water partition coefficient (Wildman–Crippen LogP) is 3.87. The molecule has 0 aliphatic heterocycles. The fourth-order valence-corrected chi connectivity index (χ4v) is 3.17. The van der Waals surface area contributed by atoms with Crippen LogP contribution in [-0.2, 0) is 17.4 Å². The number of nitrogens with one attached hydrogen (secondary N) is 3. The number of alkyl halides is 3. The third kappa shape index (κ3) is 9.68. The first kappa shape index (κ1) is 25.5. The standard InChI is InChI=1S/C20H29F3N4O.HI/c1-2-24-19(26-14-12-18(28)27-17-5-3-4-6-17)25-13-11-15-7-9-16(10-8-15)20(21,22)23;/h7-10,17H,2-6,11-14H2,1H3,(H,27,28)(H2,24,25,26);1H. The first-order valence-corrected chi connectivity index (χ1v) is 9.86. The summed E-state index contributed by atoms with van der Waals surface area (Å²) >= 11 is 0. The highest BCUT2D eigenvalue weighted by Crippen LogP contribution is 2.29. The summed E-state index contributed by atoms with van der Waals surface area (Å²) in [5.74, 6) is 0.624. The second-order valence-corrected chi connectivity index (χ2v) is 6.93. The van der Waals surface area contributed by atoms with E-state index in [1.54, 1.807) is 0 Å². The zero-order chi connectivity index (χ0) is 20.4. The molecule has 0 spiro atoms. The minimum Gasteiger partial charge on any atom is -0.357 e. The van der Waals surface area contributed by atoms with Gasteiger partial charge in [0, 0.05) is 25.6 Å². The van der Waals surface area contributed by atoms with E-state index in [9.17, 15) is 18.0 Å². The van der Waals surface area contributed by atoms with Crippen molar-refractivity contribution in [3.05, 3.63) is 35.4 Å². The maximum atomic E-state index is 12.6. The van der Waals surface area contributed by atoms with Crippen LogP contribution < -0.4 is 16.0 Å². The van der Waals surface area contributed by atoms with E-state index < -0.39 is 11.7 Å². The van der Waals surface area contributed by atoms with Crippen LogP contribution in [0.4, 0.5) is 13.2 Å². The lowest BCUT2D eigenvalue weighted by Crippen LogP contribution is -2.38. The van der Waals surface area contributed by atoms with E-state index in [1.807, 2.05) is 6.92 Å². The fourth-order valence-electron chi connectivity index (χ4n) is 3.17. The van der Waals surface area contributed by atoms with E-state index >= 15 is 0 Å². The molecule has 164 valence electrons. The number of halogens is 4. The zero-order valence-electron chi connectivity index (χ0n) is 16.6. The van der Waals surface area contributed by atoms with Gasteiger partial charge in [0.2, 0.25) is 5.91 Å². The summed E-state index contributed by atoms with van der Waals surface area (Å²) in [6.07, 6.45) is 1.07. The molecule has 3 N–H and O–H groups in total. The van der Waals surface area contributed by atoms with E-state index in [-0.39, 0.29) is 29.9 Å². The Labute approximate surface area is 187 Å². The van der Waals surface area contributed by atoms with Crippen LogP contribution in [0.5, 0.6) is 0 Å². The Morgan fingerprint density at radius 3 is 2.38 bits per heavy atom. The van der Waals surface area contributed by atoms with E-state index in [2.05, 4.69) is 20.9 Å². The van der Waals surface area contributed by atoms with E-state index in [0.717, 1.165) is 30.5 Å². The first-order chi connectivity index (χ1) is 13.4. The van der Waals surface area contributed by atoms with Gasteiger partial charge in [-0.2, -0.15) is 13.2 Å². The van der Waals surface area contributed by atoms with Crippen LogP contribution in [0.15, 0.2) is 29.3 Å². The number of guanidine groups is 1. The minimum absolute atomic E-state index is 0. The highest BCUT2D eigenvalue weighted by Gasteiger charge is 2.29. The molecule has 1 aromatic rings. The minimum atomic E-state index is -4.31. The summed E-state index contributed by atoms with van der Waals surface area (Å²) in [5.41, 5.74) is 0.169. The maximum Gasteiger partial charge on any atom is 0.416 e. The van der Waals surface area contributed by atoms with Crippen molar-refractivity contribution in [2.24, 2.45) is 4.99 Å². The number of amides is 1. The van der Waals surface area contributed by atoms with Gasteiger partial charge in [-0.3, -0.25) is 9.79 Å².